The van der Waals surface area contributed by atoms with Crippen LogP contribution in [0, 0.1) is 23.6 Å². The van der Waals surface area contributed by atoms with Crippen molar-refractivity contribution in [3.8, 4) is 0 Å². The molecule has 3 saturated carbocycles. The van der Waals surface area contributed by atoms with Gasteiger partial charge in [-0.25, -0.2) is 9.37 Å². The molecule has 0 saturated heterocycles. The van der Waals surface area contributed by atoms with Crippen LogP contribution in [0.4, 0.5) is 23.2 Å². The third-order valence-corrected chi connectivity index (χ3v) is 6.36. The summed E-state index contributed by atoms with van der Waals surface area (Å²) in [7, 11) is 0. The van der Waals surface area contributed by atoms with Crippen LogP contribution >= 0.6 is 0 Å². The number of carbonyl (C=O) groups excluding carboxylic acids is 2. The van der Waals surface area contributed by atoms with Gasteiger partial charge in [0.05, 0.1) is 0 Å². The Balaban J connectivity index is 1.38. The van der Waals surface area contributed by atoms with Crippen molar-refractivity contribution in [2.24, 2.45) is 17.8 Å². The molecule has 0 spiro atoms. The second-order valence-corrected chi connectivity index (χ2v) is 8.46. The van der Waals surface area contributed by atoms with Crippen LogP contribution in [0.15, 0.2) is 42.5 Å². The standard InChI is InChI=1S/C22H21F4N3O2/c1-12(19(30)27-15-7-5-14(23)6-8-15)16-11-21(9-13(16)10-21)29-20(31)17-3-2-4-18(28-17)22(24,25)26/h2-8,12-13,16H,9-11H2,1H3,(H,27,30)(H,29,31)/t12-,13?,16?,21?/m0/s1. The van der Waals surface area contributed by atoms with Crippen molar-refractivity contribution in [3.05, 3.63) is 59.7 Å². The predicted molar refractivity (Wildman–Crippen MR) is 104 cm³/mol. The minimum Gasteiger partial charge on any atom is -0.345 e. The third-order valence-electron chi connectivity index (χ3n) is 6.36. The van der Waals surface area contributed by atoms with Gasteiger partial charge in [0.15, 0.2) is 0 Å². The van der Waals surface area contributed by atoms with Gasteiger partial charge in [0.25, 0.3) is 5.91 Å². The van der Waals surface area contributed by atoms with Gasteiger partial charge in [0.2, 0.25) is 5.91 Å². The molecule has 3 fully saturated rings. The molecule has 5 rings (SSSR count). The number of fused-ring (bicyclic) bond motifs is 1. The molecule has 31 heavy (non-hydrogen) atoms. The number of anilines is 1. The summed E-state index contributed by atoms with van der Waals surface area (Å²) in [5.74, 6) is -1.27. The molecule has 5 nitrogen and oxygen atoms in total. The zero-order chi connectivity index (χ0) is 22.4. The van der Waals surface area contributed by atoms with E-state index in [-0.39, 0.29) is 29.4 Å². The van der Waals surface area contributed by atoms with Gasteiger partial charge in [-0.1, -0.05) is 13.0 Å². The lowest BCUT2D eigenvalue weighted by molar-refractivity contribution is -0.141. The zero-order valence-electron chi connectivity index (χ0n) is 16.7. The molecule has 2 atom stereocenters. The number of rotatable bonds is 5. The number of halogens is 4. The van der Waals surface area contributed by atoms with Crippen LogP contribution in [0.2, 0.25) is 0 Å². The fourth-order valence-corrected chi connectivity index (χ4v) is 4.78. The van der Waals surface area contributed by atoms with E-state index >= 15 is 0 Å². The molecule has 1 heterocycles. The summed E-state index contributed by atoms with van der Waals surface area (Å²) in [6.45, 7) is 1.81. The average Bonchev–Trinajstić information content (AvgIpc) is 3.24. The number of hydrogen-bond acceptors (Lipinski definition) is 3. The van der Waals surface area contributed by atoms with Gasteiger partial charge in [-0.05, 0) is 67.5 Å². The maximum atomic E-state index is 13.0. The van der Waals surface area contributed by atoms with Crippen molar-refractivity contribution in [3.63, 3.8) is 0 Å². The Morgan fingerprint density at radius 3 is 2.42 bits per heavy atom. The largest absolute Gasteiger partial charge is 0.433 e. The highest BCUT2D eigenvalue weighted by molar-refractivity contribution is 5.94. The number of hydrogen-bond donors (Lipinski definition) is 2. The fraction of sp³-hybridized carbons (Fsp3) is 0.409. The summed E-state index contributed by atoms with van der Waals surface area (Å²) in [6.07, 6.45) is -2.70. The first kappa shape index (κ1) is 21.3. The minimum atomic E-state index is -4.62. The quantitative estimate of drug-likeness (QED) is 0.684. The summed E-state index contributed by atoms with van der Waals surface area (Å²) >= 11 is 0. The van der Waals surface area contributed by atoms with Crippen molar-refractivity contribution in [2.75, 3.05) is 5.32 Å². The number of benzene rings is 1. The highest BCUT2D eigenvalue weighted by Crippen LogP contribution is 2.58. The Hall–Kier alpha value is -2.97. The minimum absolute atomic E-state index is 0.0372. The summed E-state index contributed by atoms with van der Waals surface area (Å²) in [6, 6.07) is 8.73. The van der Waals surface area contributed by atoms with Crippen LogP contribution in [0.25, 0.3) is 0 Å². The number of nitrogens with one attached hydrogen (secondary N) is 2. The average molecular weight is 435 g/mol. The van der Waals surface area contributed by atoms with Gasteiger partial charge < -0.3 is 10.6 Å². The molecule has 1 unspecified atom stereocenters. The maximum absolute atomic E-state index is 13.0. The van der Waals surface area contributed by atoms with Crippen LogP contribution in [-0.4, -0.2) is 22.3 Å². The number of carbonyl (C=O) groups is 2. The lowest BCUT2D eigenvalue weighted by Crippen LogP contribution is -2.52. The number of alkyl halides is 3. The Morgan fingerprint density at radius 1 is 1.10 bits per heavy atom. The van der Waals surface area contributed by atoms with Crippen LogP contribution in [0.1, 0.15) is 42.4 Å². The number of amides is 2. The second-order valence-electron chi connectivity index (χ2n) is 8.46. The predicted octanol–water partition coefficient (Wildman–Crippen LogP) is 4.41. The van der Waals surface area contributed by atoms with E-state index in [0.29, 0.717) is 24.9 Å². The van der Waals surface area contributed by atoms with E-state index in [0.717, 1.165) is 12.1 Å². The Kier molecular flexibility index (Phi) is 5.23. The molecule has 1 aromatic heterocycles. The molecular formula is C22H21F4N3O2. The first-order chi connectivity index (χ1) is 14.6. The highest BCUT2D eigenvalue weighted by atomic mass is 19.4. The second kappa shape index (κ2) is 7.62. The van der Waals surface area contributed by atoms with Crippen LogP contribution < -0.4 is 10.6 Å². The molecule has 1 aromatic carbocycles. The molecule has 3 aliphatic carbocycles. The van der Waals surface area contributed by atoms with Gasteiger partial charge in [-0.2, -0.15) is 13.2 Å². The third kappa shape index (κ3) is 4.26. The van der Waals surface area contributed by atoms with E-state index in [1.54, 1.807) is 0 Å². The van der Waals surface area contributed by atoms with Gasteiger partial charge in [-0.3, -0.25) is 9.59 Å². The topological polar surface area (TPSA) is 71.1 Å². The molecule has 0 radical (unpaired) electrons. The van der Waals surface area contributed by atoms with Crippen molar-refractivity contribution in [2.45, 2.75) is 37.9 Å². The van der Waals surface area contributed by atoms with E-state index < -0.39 is 29.1 Å². The van der Waals surface area contributed by atoms with E-state index in [1.165, 1.54) is 30.3 Å². The molecule has 3 aliphatic rings. The SMILES string of the molecule is C[C@H](C(=O)Nc1ccc(F)cc1)C1CC2(NC(=O)c3cccc(C(F)(F)F)n3)CC1C2. The molecule has 2 aromatic rings. The van der Waals surface area contributed by atoms with Crippen molar-refractivity contribution in [1.82, 2.24) is 10.3 Å². The summed E-state index contributed by atoms with van der Waals surface area (Å²) in [5, 5.41) is 5.63. The Labute approximate surface area is 176 Å². The van der Waals surface area contributed by atoms with Gasteiger partial charge in [0, 0.05) is 17.1 Å². The lowest BCUT2D eigenvalue weighted by atomic mass is 9.74. The van der Waals surface area contributed by atoms with Crippen molar-refractivity contribution >= 4 is 17.5 Å². The number of aromatic nitrogens is 1. The van der Waals surface area contributed by atoms with Gasteiger partial charge in [0.1, 0.15) is 17.2 Å². The highest BCUT2D eigenvalue weighted by Gasteiger charge is 2.58. The molecule has 164 valence electrons. The van der Waals surface area contributed by atoms with Gasteiger partial charge >= 0.3 is 6.18 Å². The zero-order valence-corrected chi connectivity index (χ0v) is 16.7. The number of pyridine rings is 1. The first-order valence-electron chi connectivity index (χ1n) is 9.99. The van der Waals surface area contributed by atoms with E-state index in [2.05, 4.69) is 15.6 Å². The van der Waals surface area contributed by atoms with Crippen LogP contribution in [0.3, 0.4) is 0 Å². The molecule has 9 heteroatoms. The Morgan fingerprint density at radius 2 is 1.77 bits per heavy atom. The van der Waals surface area contributed by atoms with Crippen LogP contribution in [0.5, 0.6) is 0 Å². The van der Waals surface area contributed by atoms with E-state index in [4.69, 9.17) is 0 Å². The maximum Gasteiger partial charge on any atom is 0.433 e. The van der Waals surface area contributed by atoms with Crippen molar-refractivity contribution in [1.29, 1.82) is 0 Å². The molecule has 2 bridgehead atoms. The number of nitrogens with zero attached hydrogens (tertiary/aromatic N) is 1. The Bertz CT molecular complexity index is 1000. The molecule has 2 N–H and O–H groups in total. The van der Waals surface area contributed by atoms with E-state index in [1.807, 2.05) is 6.92 Å². The fourth-order valence-electron chi connectivity index (χ4n) is 4.78. The van der Waals surface area contributed by atoms with Gasteiger partial charge in [-0.15, -0.1) is 0 Å². The van der Waals surface area contributed by atoms with E-state index in [9.17, 15) is 27.2 Å². The molecular weight excluding hydrogens is 414 g/mol. The van der Waals surface area contributed by atoms with Crippen molar-refractivity contribution < 1.29 is 27.2 Å². The molecule has 0 aliphatic heterocycles. The normalized spacial score (nSPS) is 25.5. The lowest BCUT2D eigenvalue weighted by Gasteiger charge is -2.39. The van der Waals surface area contributed by atoms with Crippen LogP contribution in [-0.2, 0) is 11.0 Å². The summed E-state index contributed by atoms with van der Waals surface area (Å²) in [4.78, 5) is 28.6. The molecule has 2 amide bonds. The monoisotopic (exact) mass is 435 g/mol. The summed E-state index contributed by atoms with van der Waals surface area (Å²) < 4.78 is 51.6. The smallest absolute Gasteiger partial charge is 0.345 e. The summed E-state index contributed by atoms with van der Waals surface area (Å²) in [5.41, 5.74) is -1.41. The first-order valence-corrected chi connectivity index (χ1v) is 9.99.